The number of esters is 2. The van der Waals surface area contributed by atoms with Crippen LogP contribution in [0.3, 0.4) is 0 Å². The first kappa shape index (κ1) is 24.4. The lowest BCUT2D eigenvalue weighted by molar-refractivity contribution is -0.139. The average molecular weight is 408 g/mol. The van der Waals surface area contributed by atoms with Crippen LogP contribution in [0.5, 0.6) is 0 Å². The van der Waals surface area contributed by atoms with E-state index >= 15 is 0 Å². The lowest BCUT2D eigenvalue weighted by Crippen LogP contribution is -2.54. The fraction of sp³-hybridized carbons (Fsp3) is 0.619. The molecule has 0 radical (unpaired) electrons. The standard InChI is InChI=1S/C21H32N2O6/c1-4-6-14-28-20(26)10-8-18(24)22-12-13-23(17(3)16-22)19(25)9-11-21(27)29-15-7-5-2/h8-11,17H,4-7,12-16H2,1-3H3. The number of ether oxygens (including phenoxy) is 2. The molecule has 1 saturated heterocycles. The van der Waals surface area contributed by atoms with Gasteiger partial charge in [-0.3, -0.25) is 9.59 Å². The van der Waals surface area contributed by atoms with Crippen LogP contribution in [-0.2, 0) is 28.7 Å². The fourth-order valence-electron chi connectivity index (χ4n) is 2.70. The van der Waals surface area contributed by atoms with Crippen LogP contribution in [0.4, 0.5) is 0 Å². The van der Waals surface area contributed by atoms with E-state index in [1.165, 1.54) is 12.2 Å². The average Bonchev–Trinajstić information content (AvgIpc) is 2.70. The van der Waals surface area contributed by atoms with Gasteiger partial charge in [-0.1, -0.05) is 26.7 Å². The number of unbranched alkanes of at least 4 members (excludes halogenated alkanes) is 2. The van der Waals surface area contributed by atoms with Gasteiger partial charge >= 0.3 is 11.9 Å². The summed E-state index contributed by atoms with van der Waals surface area (Å²) >= 11 is 0. The van der Waals surface area contributed by atoms with Crippen LogP contribution in [0, 0.1) is 0 Å². The van der Waals surface area contributed by atoms with Gasteiger partial charge in [0.25, 0.3) is 0 Å². The molecule has 0 spiro atoms. The Labute approximate surface area is 172 Å². The molecule has 2 amide bonds. The first-order valence-electron chi connectivity index (χ1n) is 10.2. The maximum absolute atomic E-state index is 12.3. The second-order valence-corrected chi connectivity index (χ2v) is 6.87. The van der Waals surface area contributed by atoms with Gasteiger partial charge in [0.2, 0.25) is 11.8 Å². The Kier molecular flexibility index (Phi) is 11.4. The summed E-state index contributed by atoms with van der Waals surface area (Å²) in [4.78, 5) is 50.8. The van der Waals surface area contributed by atoms with E-state index in [1.807, 2.05) is 20.8 Å². The third-order valence-corrected chi connectivity index (χ3v) is 4.43. The second kappa shape index (κ2) is 13.5. The molecule has 162 valence electrons. The fourth-order valence-corrected chi connectivity index (χ4v) is 2.70. The van der Waals surface area contributed by atoms with Crippen LogP contribution in [0.2, 0.25) is 0 Å². The predicted octanol–water partition coefficient (Wildman–Crippen LogP) is 1.84. The van der Waals surface area contributed by atoms with E-state index in [0.717, 1.165) is 37.8 Å². The van der Waals surface area contributed by atoms with E-state index in [9.17, 15) is 19.2 Å². The quantitative estimate of drug-likeness (QED) is 0.311. The molecule has 1 unspecified atom stereocenters. The number of hydrogen-bond donors (Lipinski definition) is 0. The van der Waals surface area contributed by atoms with Crippen molar-refractivity contribution in [2.75, 3.05) is 32.8 Å². The molecular weight excluding hydrogens is 376 g/mol. The SMILES string of the molecule is CCCCOC(=O)C=CC(=O)N1CCN(C(=O)C=CC(=O)OCCCC)C(C)C1. The van der Waals surface area contributed by atoms with E-state index in [0.29, 0.717) is 32.8 Å². The minimum atomic E-state index is -0.538. The molecule has 0 N–H and O–H groups in total. The van der Waals surface area contributed by atoms with Gasteiger partial charge in [-0.15, -0.1) is 0 Å². The van der Waals surface area contributed by atoms with E-state index < -0.39 is 11.9 Å². The Hall–Kier alpha value is -2.64. The topological polar surface area (TPSA) is 93.2 Å². The summed E-state index contributed by atoms with van der Waals surface area (Å²) in [5, 5.41) is 0. The normalized spacial score (nSPS) is 17.0. The minimum absolute atomic E-state index is 0.217. The van der Waals surface area contributed by atoms with Crippen LogP contribution < -0.4 is 0 Å². The van der Waals surface area contributed by atoms with Crippen molar-refractivity contribution in [3.63, 3.8) is 0 Å². The number of carbonyl (C=O) groups is 4. The molecule has 0 aliphatic carbocycles. The van der Waals surface area contributed by atoms with Gasteiger partial charge in [-0.2, -0.15) is 0 Å². The van der Waals surface area contributed by atoms with Gasteiger partial charge in [-0.05, 0) is 19.8 Å². The molecule has 0 saturated carbocycles. The first-order valence-corrected chi connectivity index (χ1v) is 10.2. The van der Waals surface area contributed by atoms with E-state index in [2.05, 4.69) is 0 Å². The Morgan fingerprint density at radius 2 is 1.34 bits per heavy atom. The number of hydrogen-bond acceptors (Lipinski definition) is 6. The highest BCUT2D eigenvalue weighted by molar-refractivity contribution is 5.96. The molecular formula is C21H32N2O6. The van der Waals surface area contributed by atoms with Gasteiger partial charge in [0.05, 0.1) is 13.2 Å². The van der Waals surface area contributed by atoms with Crippen molar-refractivity contribution >= 4 is 23.8 Å². The van der Waals surface area contributed by atoms with Crippen molar-refractivity contribution in [3.05, 3.63) is 24.3 Å². The molecule has 0 aromatic heterocycles. The van der Waals surface area contributed by atoms with Crippen molar-refractivity contribution < 1.29 is 28.7 Å². The van der Waals surface area contributed by atoms with Crippen LogP contribution in [-0.4, -0.2) is 72.4 Å². The highest BCUT2D eigenvalue weighted by atomic mass is 16.5. The summed E-state index contributed by atoms with van der Waals surface area (Å²) in [6.45, 7) is 7.52. The highest BCUT2D eigenvalue weighted by Crippen LogP contribution is 2.11. The summed E-state index contributed by atoms with van der Waals surface area (Å²) in [5.74, 6) is -1.67. The molecule has 29 heavy (non-hydrogen) atoms. The predicted molar refractivity (Wildman–Crippen MR) is 108 cm³/mol. The molecule has 8 heteroatoms. The Morgan fingerprint density at radius 3 is 1.83 bits per heavy atom. The van der Waals surface area contributed by atoms with E-state index in [4.69, 9.17) is 9.47 Å². The largest absolute Gasteiger partial charge is 0.463 e. The number of piperazine rings is 1. The summed E-state index contributed by atoms with van der Waals surface area (Å²) < 4.78 is 9.95. The molecule has 1 heterocycles. The lowest BCUT2D eigenvalue weighted by Gasteiger charge is -2.39. The Morgan fingerprint density at radius 1 is 0.828 bits per heavy atom. The third-order valence-electron chi connectivity index (χ3n) is 4.43. The molecule has 0 bridgehead atoms. The van der Waals surface area contributed by atoms with Crippen molar-refractivity contribution in [2.24, 2.45) is 0 Å². The zero-order valence-corrected chi connectivity index (χ0v) is 17.6. The molecule has 1 atom stereocenters. The van der Waals surface area contributed by atoms with Crippen LogP contribution >= 0.6 is 0 Å². The lowest BCUT2D eigenvalue weighted by atomic mass is 10.1. The maximum atomic E-state index is 12.3. The zero-order valence-electron chi connectivity index (χ0n) is 17.6. The Bertz CT molecular complexity index is 629. The molecule has 1 fully saturated rings. The van der Waals surface area contributed by atoms with Gasteiger partial charge in [-0.25, -0.2) is 9.59 Å². The molecule has 1 aliphatic rings. The Balaban J connectivity index is 2.46. The van der Waals surface area contributed by atoms with Crippen LogP contribution in [0.25, 0.3) is 0 Å². The number of rotatable bonds is 10. The second-order valence-electron chi connectivity index (χ2n) is 6.87. The van der Waals surface area contributed by atoms with Crippen LogP contribution in [0.1, 0.15) is 46.5 Å². The maximum Gasteiger partial charge on any atom is 0.330 e. The van der Waals surface area contributed by atoms with Gasteiger partial charge in [0, 0.05) is 50.0 Å². The molecule has 1 aliphatic heterocycles. The third kappa shape index (κ3) is 9.40. The van der Waals surface area contributed by atoms with Crippen molar-refractivity contribution in [1.29, 1.82) is 0 Å². The van der Waals surface area contributed by atoms with Crippen molar-refractivity contribution in [2.45, 2.75) is 52.5 Å². The molecule has 0 aromatic carbocycles. The number of nitrogens with zero attached hydrogens (tertiary/aromatic N) is 2. The molecule has 1 rings (SSSR count). The zero-order chi connectivity index (χ0) is 21.6. The highest BCUT2D eigenvalue weighted by Gasteiger charge is 2.28. The van der Waals surface area contributed by atoms with Crippen LogP contribution in [0.15, 0.2) is 24.3 Å². The summed E-state index contributed by atoms with van der Waals surface area (Å²) in [5.41, 5.74) is 0. The summed E-state index contributed by atoms with van der Waals surface area (Å²) in [7, 11) is 0. The monoisotopic (exact) mass is 408 g/mol. The van der Waals surface area contributed by atoms with Crippen molar-refractivity contribution in [1.82, 2.24) is 9.80 Å². The van der Waals surface area contributed by atoms with E-state index in [-0.39, 0.29) is 17.9 Å². The van der Waals surface area contributed by atoms with Gasteiger partial charge in [0.15, 0.2) is 0 Å². The minimum Gasteiger partial charge on any atom is -0.463 e. The van der Waals surface area contributed by atoms with Crippen molar-refractivity contribution in [3.8, 4) is 0 Å². The van der Waals surface area contributed by atoms with Gasteiger partial charge < -0.3 is 19.3 Å². The smallest absolute Gasteiger partial charge is 0.330 e. The number of amides is 2. The van der Waals surface area contributed by atoms with Gasteiger partial charge in [0.1, 0.15) is 0 Å². The number of carbonyl (C=O) groups excluding carboxylic acids is 4. The van der Waals surface area contributed by atoms with E-state index in [1.54, 1.807) is 9.80 Å². The molecule has 0 aromatic rings. The first-order chi connectivity index (χ1) is 13.9. The molecule has 8 nitrogen and oxygen atoms in total. The summed E-state index contributed by atoms with van der Waals surface area (Å²) in [6.07, 6.45) is 8.08. The summed E-state index contributed by atoms with van der Waals surface area (Å²) in [6, 6.07) is -0.217.